The smallest absolute Gasteiger partial charge is 0.241 e. The molecule has 0 saturated carbocycles. The van der Waals surface area contributed by atoms with Crippen LogP contribution in [0.4, 0.5) is 0 Å². The van der Waals surface area contributed by atoms with Gasteiger partial charge in [-0.2, -0.15) is 0 Å². The molecule has 7 heteroatoms. The number of sulfonamides is 1. The molecule has 0 saturated heterocycles. The van der Waals surface area contributed by atoms with Crippen LogP contribution < -0.4 is 9.88 Å². The van der Waals surface area contributed by atoms with Crippen LogP contribution in [0.2, 0.25) is 5.02 Å². The van der Waals surface area contributed by atoms with Crippen LogP contribution in [0, 0.1) is 0 Å². The topological polar surface area (TPSA) is 86.5 Å². The number of halogens is 1. The third kappa shape index (κ3) is 4.19. The number of benzene rings is 2. The monoisotopic (exact) mass is 351 g/mol. The highest BCUT2D eigenvalue weighted by atomic mass is 35.5. The van der Waals surface area contributed by atoms with Crippen molar-refractivity contribution in [1.82, 2.24) is 0 Å². The summed E-state index contributed by atoms with van der Waals surface area (Å²) in [6.45, 7) is 0. The van der Waals surface area contributed by atoms with E-state index in [9.17, 15) is 13.2 Å². The number of ether oxygens (including phenoxy) is 1. The summed E-state index contributed by atoms with van der Waals surface area (Å²) in [6, 6.07) is 11.1. The molecule has 120 valence electrons. The van der Waals surface area contributed by atoms with Crippen molar-refractivity contribution in [3.63, 3.8) is 0 Å². The fourth-order valence-corrected chi connectivity index (χ4v) is 2.85. The summed E-state index contributed by atoms with van der Waals surface area (Å²) in [5, 5.41) is 5.64. The maximum absolute atomic E-state index is 12.2. The predicted octanol–water partition coefficient (Wildman–Crippen LogP) is 2.89. The number of hydrogen-bond donors (Lipinski definition) is 1. The van der Waals surface area contributed by atoms with E-state index in [-0.39, 0.29) is 22.0 Å². The second-order valence-electron chi connectivity index (χ2n) is 4.63. The van der Waals surface area contributed by atoms with Crippen LogP contribution in [0.1, 0.15) is 15.9 Å². The lowest BCUT2D eigenvalue weighted by Gasteiger charge is -2.07. The molecule has 23 heavy (non-hydrogen) atoms. The number of rotatable bonds is 5. The Morgan fingerprint density at radius 2 is 1.91 bits per heavy atom. The average Bonchev–Trinajstić information content (AvgIpc) is 2.52. The maximum Gasteiger partial charge on any atom is 0.241 e. The van der Waals surface area contributed by atoms with E-state index in [4.69, 9.17) is 21.5 Å². The van der Waals surface area contributed by atoms with Crippen LogP contribution >= 0.6 is 11.6 Å². The van der Waals surface area contributed by atoms with Gasteiger partial charge in [0.2, 0.25) is 10.0 Å². The lowest BCUT2D eigenvalue weighted by atomic mass is 10.1. The van der Waals surface area contributed by atoms with E-state index < -0.39 is 10.0 Å². The van der Waals surface area contributed by atoms with Crippen molar-refractivity contribution in [3.05, 3.63) is 64.7 Å². The zero-order chi connectivity index (χ0) is 17.0. The molecule has 0 heterocycles. The molecule has 0 atom stereocenters. The fraction of sp³-hybridized carbons (Fsp3) is 0.0625. The van der Waals surface area contributed by atoms with Crippen LogP contribution in [-0.2, 0) is 10.0 Å². The van der Waals surface area contributed by atoms with Gasteiger partial charge in [0.15, 0.2) is 5.78 Å². The van der Waals surface area contributed by atoms with E-state index in [1.807, 2.05) is 0 Å². The molecule has 0 aromatic heterocycles. The largest absolute Gasteiger partial charge is 0.495 e. The number of hydrogen-bond acceptors (Lipinski definition) is 4. The van der Waals surface area contributed by atoms with Crippen molar-refractivity contribution in [2.24, 2.45) is 5.14 Å². The maximum atomic E-state index is 12.2. The molecule has 5 nitrogen and oxygen atoms in total. The Bertz CT molecular complexity index is 875. The van der Waals surface area contributed by atoms with Crippen LogP contribution in [-0.4, -0.2) is 21.3 Å². The molecule has 2 aromatic carbocycles. The summed E-state index contributed by atoms with van der Waals surface area (Å²) in [4.78, 5) is 12.0. The molecule has 0 unspecified atom stereocenters. The molecule has 0 fully saturated rings. The van der Waals surface area contributed by atoms with Crippen molar-refractivity contribution < 1.29 is 17.9 Å². The number of primary sulfonamides is 1. The van der Waals surface area contributed by atoms with Gasteiger partial charge in [0, 0.05) is 10.6 Å². The highest BCUT2D eigenvalue weighted by molar-refractivity contribution is 7.89. The van der Waals surface area contributed by atoms with Crippen LogP contribution in [0.3, 0.4) is 0 Å². The Morgan fingerprint density at radius 3 is 2.52 bits per heavy atom. The molecule has 0 amide bonds. The average molecular weight is 352 g/mol. The molecular formula is C16H14ClNO4S. The number of carbonyl (C=O) groups is 1. The number of ketones is 1. The van der Waals surface area contributed by atoms with E-state index in [2.05, 4.69) is 0 Å². The summed E-state index contributed by atoms with van der Waals surface area (Å²) < 4.78 is 28.1. The quantitative estimate of drug-likeness (QED) is 0.662. The van der Waals surface area contributed by atoms with Crippen LogP contribution in [0.5, 0.6) is 5.75 Å². The summed E-state index contributed by atoms with van der Waals surface area (Å²) in [7, 11) is -2.68. The highest BCUT2D eigenvalue weighted by Gasteiger charge is 2.17. The van der Waals surface area contributed by atoms with Crippen molar-refractivity contribution in [2.45, 2.75) is 4.90 Å². The summed E-state index contributed by atoms with van der Waals surface area (Å²) >= 11 is 6.00. The molecule has 0 spiro atoms. The number of carbonyl (C=O) groups excluding carboxylic acids is 1. The first-order valence-electron chi connectivity index (χ1n) is 6.50. The Hall–Kier alpha value is -2.15. The number of methoxy groups -OCH3 is 1. The van der Waals surface area contributed by atoms with Gasteiger partial charge >= 0.3 is 0 Å². The molecule has 0 bridgehead atoms. The third-order valence-electron chi connectivity index (χ3n) is 3.07. The number of nitrogens with two attached hydrogens (primary N) is 1. The first kappa shape index (κ1) is 17.2. The second kappa shape index (κ2) is 6.95. The summed E-state index contributed by atoms with van der Waals surface area (Å²) in [6.07, 6.45) is 2.88. The van der Waals surface area contributed by atoms with Gasteiger partial charge < -0.3 is 4.74 Å². The van der Waals surface area contributed by atoms with E-state index in [0.717, 1.165) is 0 Å². The van der Waals surface area contributed by atoms with Gasteiger partial charge in [0.1, 0.15) is 10.6 Å². The van der Waals surface area contributed by atoms with Gasteiger partial charge in [0.25, 0.3) is 0 Å². The Kier molecular flexibility index (Phi) is 5.20. The van der Waals surface area contributed by atoms with E-state index in [0.29, 0.717) is 10.6 Å². The van der Waals surface area contributed by atoms with Gasteiger partial charge in [-0.3, -0.25) is 4.79 Å². The van der Waals surface area contributed by atoms with Gasteiger partial charge in [0.05, 0.1) is 7.11 Å². The second-order valence-corrected chi connectivity index (χ2v) is 6.57. The minimum Gasteiger partial charge on any atom is -0.495 e. The predicted molar refractivity (Wildman–Crippen MR) is 89.2 cm³/mol. The van der Waals surface area contributed by atoms with Crippen molar-refractivity contribution in [3.8, 4) is 5.75 Å². The van der Waals surface area contributed by atoms with Crippen molar-refractivity contribution in [1.29, 1.82) is 0 Å². The highest BCUT2D eigenvalue weighted by Crippen LogP contribution is 2.24. The Labute approximate surface area is 139 Å². The van der Waals surface area contributed by atoms with Gasteiger partial charge in [-0.05, 0) is 42.0 Å². The summed E-state index contributed by atoms with van der Waals surface area (Å²) in [5.41, 5.74) is 0.862. The fourth-order valence-electron chi connectivity index (χ4n) is 1.92. The third-order valence-corrected chi connectivity index (χ3v) is 4.35. The molecule has 0 radical (unpaired) electrons. The molecule has 0 aliphatic heterocycles. The first-order chi connectivity index (χ1) is 10.8. The van der Waals surface area contributed by atoms with Gasteiger partial charge in [-0.25, -0.2) is 13.6 Å². The zero-order valence-corrected chi connectivity index (χ0v) is 13.8. The van der Waals surface area contributed by atoms with Crippen LogP contribution in [0.25, 0.3) is 6.08 Å². The molecule has 2 N–H and O–H groups in total. The van der Waals surface area contributed by atoms with E-state index in [1.54, 1.807) is 30.3 Å². The number of allylic oxidation sites excluding steroid dienone is 1. The molecular weight excluding hydrogens is 338 g/mol. The van der Waals surface area contributed by atoms with Gasteiger partial charge in [-0.1, -0.05) is 29.8 Å². The Balaban J connectivity index is 2.35. The molecule has 0 aliphatic carbocycles. The molecule has 2 aromatic rings. The van der Waals surface area contributed by atoms with Gasteiger partial charge in [-0.15, -0.1) is 0 Å². The lowest BCUT2D eigenvalue weighted by Crippen LogP contribution is -2.14. The first-order valence-corrected chi connectivity index (χ1v) is 8.43. The van der Waals surface area contributed by atoms with Crippen molar-refractivity contribution in [2.75, 3.05) is 7.11 Å². The normalized spacial score (nSPS) is 11.6. The SMILES string of the molecule is COc1ccc(C(=O)/C=C/c2ccccc2Cl)cc1S(N)(=O)=O. The molecule has 2 rings (SSSR count). The summed E-state index contributed by atoms with van der Waals surface area (Å²) in [5.74, 6) is -0.295. The van der Waals surface area contributed by atoms with E-state index >= 15 is 0 Å². The molecule has 0 aliphatic rings. The van der Waals surface area contributed by atoms with E-state index in [1.165, 1.54) is 31.4 Å². The standard InChI is InChI=1S/C16H14ClNO4S/c1-22-15-9-7-12(10-16(15)23(18,20)21)14(19)8-6-11-4-2-3-5-13(11)17/h2-10H,1H3,(H2,18,20,21)/b8-6+. The minimum absolute atomic E-state index is 0.0825. The zero-order valence-electron chi connectivity index (χ0n) is 12.2. The lowest BCUT2D eigenvalue weighted by molar-refractivity contribution is 0.104. The minimum atomic E-state index is -4.00. The van der Waals surface area contributed by atoms with Crippen molar-refractivity contribution >= 4 is 33.5 Å². The Morgan fingerprint density at radius 1 is 1.22 bits per heavy atom. The van der Waals surface area contributed by atoms with Crippen LogP contribution in [0.15, 0.2) is 53.4 Å².